The SMILES string of the molecule is CNCc1nnn(-c2ccc(OC(C)C)cc2)n1. The molecule has 2 aromatic rings. The summed E-state index contributed by atoms with van der Waals surface area (Å²) in [5, 5.41) is 15.2. The molecule has 1 N–H and O–H groups in total. The van der Waals surface area contributed by atoms with Gasteiger partial charge in [0.15, 0.2) is 5.82 Å². The summed E-state index contributed by atoms with van der Waals surface area (Å²) < 4.78 is 5.57. The molecule has 0 saturated heterocycles. The molecule has 0 unspecified atom stereocenters. The van der Waals surface area contributed by atoms with Crippen LogP contribution in [0, 0.1) is 0 Å². The zero-order valence-corrected chi connectivity index (χ0v) is 10.8. The van der Waals surface area contributed by atoms with Crippen molar-refractivity contribution in [1.29, 1.82) is 0 Å². The molecule has 96 valence electrons. The van der Waals surface area contributed by atoms with Gasteiger partial charge in [0.1, 0.15) is 5.75 Å². The van der Waals surface area contributed by atoms with Crippen LogP contribution in [0.1, 0.15) is 19.7 Å². The van der Waals surface area contributed by atoms with Gasteiger partial charge in [0, 0.05) is 0 Å². The number of nitrogens with one attached hydrogen (secondary N) is 1. The molecule has 0 bridgehead atoms. The van der Waals surface area contributed by atoms with Crippen molar-refractivity contribution in [1.82, 2.24) is 25.5 Å². The fourth-order valence-electron chi connectivity index (χ4n) is 1.51. The summed E-state index contributed by atoms with van der Waals surface area (Å²) in [6.45, 7) is 4.60. The maximum absolute atomic E-state index is 5.57. The number of rotatable bonds is 5. The third kappa shape index (κ3) is 3.04. The van der Waals surface area contributed by atoms with Gasteiger partial charge in [-0.05, 0) is 50.4 Å². The van der Waals surface area contributed by atoms with Crippen molar-refractivity contribution in [3.63, 3.8) is 0 Å². The highest BCUT2D eigenvalue weighted by Gasteiger charge is 2.04. The number of benzene rings is 1. The second-order valence-corrected chi connectivity index (χ2v) is 4.19. The molecule has 1 heterocycles. The Morgan fingerprint density at radius 1 is 1.28 bits per heavy atom. The van der Waals surface area contributed by atoms with Crippen molar-refractivity contribution >= 4 is 0 Å². The average Bonchev–Trinajstić information content (AvgIpc) is 2.78. The van der Waals surface area contributed by atoms with Crippen molar-refractivity contribution in [2.24, 2.45) is 0 Å². The number of tetrazole rings is 1. The predicted molar refractivity (Wildman–Crippen MR) is 67.7 cm³/mol. The maximum atomic E-state index is 5.57. The second kappa shape index (κ2) is 5.59. The molecule has 0 amide bonds. The van der Waals surface area contributed by atoms with E-state index in [9.17, 15) is 0 Å². The number of ether oxygens (including phenoxy) is 1. The van der Waals surface area contributed by atoms with E-state index >= 15 is 0 Å². The Labute approximate surface area is 106 Å². The lowest BCUT2D eigenvalue weighted by Gasteiger charge is -2.09. The third-order valence-electron chi connectivity index (χ3n) is 2.23. The molecule has 0 fully saturated rings. The van der Waals surface area contributed by atoms with Gasteiger partial charge in [0.25, 0.3) is 0 Å². The molecule has 1 aromatic carbocycles. The summed E-state index contributed by atoms with van der Waals surface area (Å²) in [5.41, 5.74) is 0.862. The summed E-state index contributed by atoms with van der Waals surface area (Å²) >= 11 is 0. The van der Waals surface area contributed by atoms with Gasteiger partial charge in [0.2, 0.25) is 0 Å². The van der Waals surface area contributed by atoms with Gasteiger partial charge in [-0.25, -0.2) is 0 Å². The Morgan fingerprint density at radius 3 is 2.61 bits per heavy atom. The van der Waals surface area contributed by atoms with Crippen molar-refractivity contribution in [2.45, 2.75) is 26.5 Å². The molecular formula is C12H17N5O. The molecule has 0 atom stereocenters. The zero-order valence-electron chi connectivity index (χ0n) is 10.8. The monoisotopic (exact) mass is 247 g/mol. The van der Waals surface area contributed by atoms with E-state index in [0.29, 0.717) is 12.4 Å². The van der Waals surface area contributed by atoms with Crippen LogP contribution in [-0.4, -0.2) is 33.4 Å². The van der Waals surface area contributed by atoms with Crippen LogP contribution in [0.25, 0.3) is 5.69 Å². The first-order valence-corrected chi connectivity index (χ1v) is 5.89. The second-order valence-electron chi connectivity index (χ2n) is 4.19. The van der Waals surface area contributed by atoms with Crippen LogP contribution in [0.4, 0.5) is 0 Å². The van der Waals surface area contributed by atoms with E-state index in [4.69, 9.17) is 4.74 Å². The standard InChI is InChI=1S/C12H17N5O/c1-9(2)18-11-6-4-10(5-7-11)17-15-12(8-13-3)14-16-17/h4-7,9,13H,8H2,1-3H3. The largest absolute Gasteiger partial charge is 0.491 e. The van der Waals surface area contributed by atoms with Gasteiger partial charge < -0.3 is 10.1 Å². The van der Waals surface area contributed by atoms with Crippen LogP contribution in [0.2, 0.25) is 0 Å². The predicted octanol–water partition coefficient (Wildman–Crippen LogP) is 1.17. The number of hydrogen-bond acceptors (Lipinski definition) is 5. The Kier molecular flexibility index (Phi) is 3.88. The van der Waals surface area contributed by atoms with Crippen LogP contribution in [0.3, 0.4) is 0 Å². The Morgan fingerprint density at radius 2 is 2.00 bits per heavy atom. The summed E-state index contributed by atoms with van der Waals surface area (Å²) in [6.07, 6.45) is 0.169. The van der Waals surface area contributed by atoms with E-state index < -0.39 is 0 Å². The van der Waals surface area contributed by atoms with Crippen LogP contribution in [0.15, 0.2) is 24.3 Å². The Hall–Kier alpha value is -1.95. The van der Waals surface area contributed by atoms with Gasteiger partial charge in [-0.1, -0.05) is 0 Å². The molecule has 1 aromatic heterocycles. The molecule has 18 heavy (non-hydrogen) atoms. The average molecular weight is 247 g/mol. The quantitative estimate of drug-likeness (QED) is 0.859. The summed E-state index contributed by atoms with van der Waals surface area (Å²) in [7, 11) is 1.85. The lowest BCUT2D eigenvalue weighted by atomic mass is 10.3. The van der Waals surface area contributed by atoms with Crippen molar-refractivity contribution < 1.29 is 4.74 Å². The van der Waals surface area contributed by atoms with E-state index in [0.717, 1.165) is 11.4 Å². The molecule has 6 heteroatoms. The number of nitrogens with zero attached hydrogens (tertiary/aromatic N) is 4. The van der Waals surface area contributed by atoms with Crippen LogP contribution in [0.5, 0.6) is 5.75 Å². The number of hydrogen-bond donors (Lipinski definition) is 1. The lowest BCUT2D eigenvalue weighted by molar-refractivity contribution is 0.242. The van der Waals surface area contributed by atoms with E-state index in [1.165, 1.54) is 4.80 Å². The minimum atomic E-state index is 0.169. The first kappa shape index (κ1) is 12.5. The van der Waals surface area contributed by atoms with E-state index in [1.54, 1.807) is 0 Å². The highest BCUT2D eigenvalue weighted by Crippen LogP contribution is 2.15. The molecule has 0 saturated carbocycles. The van der Waals surface area contributed by atoms with Crippen molar-refractivity contribution in [3.8, 4) is 11.4 Å². The molecule has 6 nitrogen and oxygen atoms in total. The first-order valence-electron chi connectivity index (χ1n) is 5.89. The molecule has 0 aliphatic heterocycles. The molecule has 0 aliphatic rings. The smallest absolute Gasteiger partial charge is 0.188 e. The Balaban J connectivity index is 2.12. The van der Waals surface area contributed by atoms with Gasteiger partial charge in [-0.3, -0.25) is 0 Å². The van der Waals surface area contributed by atoms with Gasteiger partial charge >= 0.3 is 0 Å². The topological polar surface area (TPSA) is 64.9 Å². The van der Waals surface area contributed by atoms with Gasteiger partial charge in [0.05, 0.1) is 18.3 Å². The fourth-order valence-corrected chi connectivity index (χ4v) is 1.51. The van der Waals surface area contributed by atoms with Gasteiger partial charge in [-0.2, -0.15) is 0 Å². The van der Waals surface area contributed by atoms with E-state index in [2.05, 4.69) is 20.7 Å². The van der Waals surface area contributed by atoms with Crippen LogP contribution < -0.4 is 10.1 Å². The normalized spacial score (nSPS) is 10.9. The molecule has 0 aliphatic carbocycles. The Bertz CT molecular complexity index is 491. The molecule has 2 rings (SSSR count). The van der Waals surface area contributed by atoms with Crippen molar-refractivity contribution in [2.75, 3.05) is 7.05 Å². The minimum Gasteiger partial charge on any atom is -0.491 e. The minimum absolute atomic E-state index is 0.169. The maximum Gasteiger partial charge on any atom is 0.188 e. The molecular weight excluding hydrogens is 230 g/mol. The summed E-state index contributed by atoms with van der Waals surface area (Å²) in [5.74, 6) is 1.50. The number of aromatic nitrogens is 4. The van der Waals surface area contributed by atoms with Crippen LogP contribution >= 0.6 is 0 Å². The summed E-state index contributed by atoms with van der Waals surface area (Å²) in [6, 6.07) is 7.61. The third-order valence-corrected chi connectivity index (χ3v) is 2.23. The lowest BCUT2D eigenvalue weighted by Crippen LogP contribution is -2.07. The van der Waals surface area contributed by atoms with E-state index in [1.807, 2.05) is 45.2 Å². The van der Waals surface area contributed by atoms with Gasteiger partial charge in [-0.15, -0.1) is 15.0 Å². The van der Waals surface area contributed by atoms with Crippen molar-refractivity contribution in [3.05, 3.63) is 30.1 Å². The summed E-state index contributed by atoms with van der Waals surface area (Å²) in [4.78, 5) is 1.51. The molecule has 0 radical (unpaired) electrons. The highest BCUT2D eigenvalue weighted by molar-refractivity contribution is 5.35. The van der Waals surface area contributed by atoms with Crippen LogP contribution in [-0.2, 0) is 6.54 Å². The highest BCUT2D eigenvalue weighted by atomic mass is 16.5. The molecule has 0 spiro atoms. The zero-order chi connectivity index (χ0) is 13.0. The fraction of sp³-hybridized carbons (Fsp3) is 0.417. The first-order chi connectivity index (χ1) is 8.69. The van der Waals surface area contributed by atoms with E-state index in [-0.39, 0.29) is 6.10 Å².